The molecule has 3 rings (SSSR count). The van der Waals surface area contributed by atoms with Crippen molar-refractivity contribution in [1.29, 1.82) is 0 Å². The van der Waals surface area contributed by atoms with Gasteiger partial charge in [-0.2, -0.15) is 11.8 Å². The molecule has 0 aliphatic carbocycles. The van der Waals surface area contributed by atoms with E-state index in [1.54, 1.807) is 0 Å². The maximum Gasteiger partial charge on any atom is 0.134 e. The van der Waals surface area contributed by atoms with E-state index >= 15 is 0 Å². The fraction of sp³-hybridized carbons (Fsp3) is 0.529. The maximum atomic E-state index is 6.15. The summed E-state index contributed by atoms with van der Waals surface area (Å²) in [7, 11) is 0. The first-order valence-corrected chi connectivity index (χ1v) is 8.56. The van der Waals surface area contributed by atoms with Crippen molar-refractivity contribution in [2.45, 2.75) is 31.6 Å². The Morgan fingerprint density at radius 2 is 2.14 bits per heavy atom. The van der Waals surface area contributed by atoms with E-state index in [4.69, 9.17) is 10.2 Å². The molecule has 114 valence electrons. The Morgan fingerprint density at radius 3 is 2.86 bits per heavy atom. The second-order valence-electron chi connectivity index (χ2n) is 6.40. The Bertz CT molecular complexity index is 635. The van der Waals surface area contributed by atoms with Crippen LogP contribution >= 0.6 is 11.8 Å². The number of hydrogen-bond donors (Lipinski definition) is 1. The predicted octanol–water partition coefficient (Wildman–Crippen LogP) is 3.57. The van der Waals surface area contributed by atoms with Gasteiger partial charge in [0.15, 0.2) is 0 Å². The fourth-order valence-electron chi connectivity index (χ4n) is 3.37. The van der Waals surface area contributed by atoms with Crippen molar-refractivity contribution in [3.8, 4) is 0 Å². The van der Waals surface area contributed by atoms with Crippen molar-refractivity contribution >= 4 is 22.7 Å². The first-order chi connectivity index (χ1) is 10.0. The second kappa shape index (κ2) is 5.67. The molecule has 1 fully saturated rings. The van der Waals surface area contributed by atoms with Crippen LogP contribution in [0.4, 0.5) is 0 Å². The van der Waals surface area contributed by atoms with Gasteiger partial charge in [0, 0.05) is 41.1 Å². The zero-order valence-electron chi connectivity index (χ0n) is 13.1. The number of thioether (sulfide) groups is 1. The first kappa shape index (κ1) is 14.9. The third kappa shape index (κ3) is 2.85. The number of nitrogens with zero attached hydrogens (tertiary/aromatic N) is 1. The molecule has 1 aliphatic rings. The number of para-hydroxylation sites is 1. The molecule has 0 amide bonds. The molecule has 1 saturated heterocycles. The molecule has 1 aromatic heterocycles. The Morgan fingerprint density at radius 1 is 1.38 bits per heavy atom. The smallest absolute Gasteiger partial charge is 0.134 e. The number of fused-ring (bicyclic) bond motifs is 1. The van der Waals surface area contributed by atoms with Crippen molar-refractivity contribution in [1.82, 2.24) is 4.90 Å². The van der Waals surface area contributed by atoms with Gasteiger partial charge in [0.25, 0.3) is 0 Å². The SMILES string of the molecule is Cc1oc2ccccc2c1C(CN)N1CCSC(C)(C)C1. The Labute approximate surface area is 130 Å². The monoisotopic (exact) mass is 304 g/mol. The minimum atomic E-state index is 0.244. The normalized spacial score (nSPS) is 20.8. The Hall–Kier alpha value is -0.970. The predicted molar refractivity (Wildman–Crippen MR) is 90.9 cm³/mol. The summed E-state index contributed by atoms with van der Waals surface area (Å²) in [5, 5.41) is 1.21. The summed E-state index contributed by atoms with van der Waals surface area (Å²) in [4.78, 5) is 2.53. The average molecular weight is 304 g/mol. The lowest BCUT2D eigenvalue weighted by molar-refractivity contribution is 0.191. The van der Waals surface area contributed by atoms with E-state index in [0.717, 1.165) is 24.4 Å². The van der Waals surface area contributed by atoms with Gasteiger partial charge in [-0.3, -0.25) is 4.90 Å². The molecular formula is C17H24N2OS. The van der Waals surface area contributed by atoms with E-state index in [0.29, 0.717) is 11.3 Å². The average Bonchev–Trinajstić information content (AvgIpc) is 2.76. The standard InChI is InChI=1S/C17H24N2OS/c1-12-16(13-6-4-5-7-15(13)20-12)14(10-18)19-8-9-21-17(2,3)11-19/h4-7,14H,8-11,18H2,1-3H3. The van der Waals surface area contributed by atoms with Crippen molar-refractivity contribution < 1.29 is 4.42 Å². The third-order valence-electron chi connectivity index (χ3n) is 4.27. The van der Waals surface area contributed by atoms with E-state index in [9.17, 15) is 0 Å². The van der Waals surface area contributed by atoms with E-state index in [-0.39, 0.29) is 6.04 Å². The number of furan rings is 1. The van der Waals surface area contributed by atoms with Gasteiger partial charge in [0.1, 0.15) is 11.3 Å². The van der Waals surface area contributed by atoms with Crippen molar-refractivity contribution in [3.05, 3.63) is 35.6 Å². The molecule has 0 spiro atoms. The molecule has 2 aromatic rings. The fourth-order valence-corrected chi connectivity index (χ4v) is 4.51. The van der Waals surface area contributed by atoms with Crippen LogP contribution in [0.15, 0.2) is 28.7 Å². The molecule has 4 heteroatoms. The number of benzene rings is 1. The highest BCUT2D eigenvalue weighted by Crippen LogP contribution is 2.37. The van der Waals surface area contributed by atoms with Crippen LogP contribution < -0.4 is 5.73 Å². The van der Waals surface area contributed by atoms with Gasteiger partial charge < -0.3 is 10.2 Å². The lowest BCUT2D eigenvalue weighted by atomic mass is 10.00. The summed E-state index contributed by atoms with van der Waals surface area (Å²) in [5.74, 6) is 2.17. The highest BCUT2D eigenvalue weighted by Gasteiger charge is 2.33. The van der Waals surface area contributed by atoms with Gasteiger partial charge in [-0.15, -0.1) is 0 Å². The van der Waals surface area contributed by atoms with Gasteiger partial charge >= 0.3 is 0 Å². The molecular weight excluding hydrogens is 280 g/mol. The molecule has 1 aromatic carbocycles. The van der Waals surface area contributed by atoms with Crippen LogP contribution in [0.3, 0.4) is 0 Å². The summed E-state index contributed by atoms with van der Waals surface area (Å²) in [6, 6.07) is 8.52. The minimum Gasteiger partial charge on any atom is -0.461 e. The molecule has 2 heterocycles. The van der Waals surface area contributed by atoms with Crippen molar-refractivity contribution in [2.24, 2.45) is 5.73 Å². The molecule has 1 unspecified atom stereocenters. The van der Waals surface area contributed by atoms with Crippen LogP contribution in [0.5, 0.6) is 0 Å². The summed E-state index contributed by atoms with van der Waals surface area (Å²) in [6.07, 6.45) is 0. The van der Waals surface area contributed by atoms with Gasteiger partial charge in [-0.05, 0) is 26.8 Å². The number of rotatable bonds is 3. The molecule has 0 radical (unpaired) electrons. The summed E-state index contributed by atoms with van der Waals surface area (Å²) in [6.45, 7) is 9.48. The van der Waals surface area contributed by atoms with E-state index < -0.39 is 0 Å². The van der Waals surface area contributed by atoms with E-state index in [1.165, 1.54) is 16.7 Å². The van der Waals surface area contributed by atoms with Crippen LogP contribution in [0, 0.1) is 6.92 Å². The van der Waals surface area contributed by atoms with Crippen LogP contribution in [0.25, 0.3) is 11.0 Å². The van der Waals surface area contributed by atoms with Gasteiger partial charge in [0.05, 0.1) is 6.04 Å². The molecule has 1 aliphatic heterocycles. The highest BCUT2D eigenvalue weighted by molar-refractivity contribution is 8.00. The minimum absolute atomic E-state index is 0.244. The van der Waals surface area contributed by atoms with Gasteiger partial charge in [0.2, 0.25) is 0 Å². The number of aryl methyl sites for hydroxylation is 1. The van der Waals surface area contributed by atoms with Gasteiger partial charge in [-0.25, -0.2) is 0 Å². The van der Waals surface area contributed by atoms with Crippen molar-refractivity contribution in [2.75, 3.05) is 25.4 Å². The summed E-state index contributed by atoms with van der Waals surface area (Å²) < 4.78 is 6.23. The maximum absolute atomic E-state index is 6.15. The Balaban J connectivity index is 2.00. The topological polar surface area (TPSA) is 42.4 Å². The lowest BCUT2D eigenvalue weighted by Gasteiger charge is -2.41. The molecule has 21 heavy (non-hydrogen) atoms. The highest BCUT2D eigenvalue weighted by atomic mass is 32.2. The van der Waals surface area contributed by atoms with Crippen LogP contribution in [-0.2, 0) is 0 Å². The molecule has 0 bridgehead atoms. The number of nitrogens with two attached hydrogens (primary N) is 1. The zero-order chi connectivity index (χ0) is 15.0. The second-order valence-corrected chi connectivity index (χ2v) is 8.20. The molecule has 0 saturated carbocycles. The van der Waals surface area contributed by atoms with Crippen molar-refractivity contribution in [3.63, 3.8) is 0 Å². The van der Waals surface area contributed by atoms with Crippen LogP contribution in [0.2, 0.25) is 0 Å². The molecule has 2 N–H and O–H groups in total. The zero-order valence-corrected chi connectivity index (χ0v) is 13.9. The van der Waals surface area contributed by atoms with Gasteiger partial charge in [-0.1, -0.05) is 18.2 Å². The van der Waals surface area contributed by atoms with E-state index in [1.807, 2.05) is 12.1 Å². The quantitative estimate of drug-likeness (QED) is 0.941. The largest absolute Gasteiger partial charge is 0.461 e. The molecule has 3 nitrogen and oxygen atoms in total. The van der Waals surface area contributed by atoms with Crippen LogP contribution in [0.1, 0.15) is 31.2 Å². The van der Waals surface area contributed by atoms with E-state index in [2.05, 4.69) is 49.6 Å². The lowest BCUT2D eigenvalue weighted by Crippen LogP contribution is -2.46. The number of hydrogen-bond acceptors (Lipinski definition) is 4. The van der Waals surface area contributed by atoms with Crippen LogP contribution in [-0.4, -0.2) is 35.0 Å². The third-order valence-corrected chi connectivity index (χ3v) is 5.57. The molecule has 1 atom stereocenters. The first-order valence-electron chi connectivity index (χ1n) is 7.58. The Kier molecular flexibility index (Phi) is 4.04. The summed E-state index contributed by atoms with van der Waals surface area (Å²) in [5.41, 5.74) is 8.39. The summed E-state index contributed by atoms with van der Waals surface area (Å²) >= 11 is 2.05.